The molecule has 0 N–H and O–H groups in total. The Morgan fingerprint density at radius 3 is 2.50 bits per heavy atom. The lowest BCUT2D eigenvalue weighted by molar-refractivity contribution is 0.794. The second-order valence-electron chi connectivity index (χ2n) is 3.21. The van der Waals surface area contributed by atoms with E-state index < -0.39 is 0 Å². The van der Waals surface area contributed by atoms with Crippen molar-refractivity contribution in [1.29, 1.82) is 0 Å². The van der Waals surface area contributed by atoms with Crippen LogP contribution < -0.4 is 9.80 Å². The maximum absolute atomic E-state index is 4.11. The molecule has 0 radical (unpaired) electrons. The van der Waals surface area contributed by atoms with Gasteiger partial charge in [0.05, 0.1) is 17.6 Å². The first-order valence-corrected chi connectivity index (χ1v) is 4.15. The number of aromatic nitrogens is 1. The summed E-state index contributed by atoms with van der Waals surface area (Å²) in [6, 6.07) is 2.06. The summed E-state index contributed by atoms with van der Waals surface area (Å²) < 4.78 is 0. The SMILES string of the molecule is CN1CCN(C)c2cnccc21. The number of likely N-dealkylation sites (N-methyl/N-ethyl adjacent to an activating group) is 2. The average molecular weight is 163 g/mol. The lowest BCUT2D eigenvalue weighted by Gasteiger charge is -2.33. The van der Waals surface area contributed by atoms with Crippen LogP contribution in [0.15, 0.2) is 18.5 Å². The van der Waals surface area contributed by atoms with Crippen LogP contribution in [-0.2, 0) is 0 Å². The summed E-state index contributed by atoms with van der Waals surface area (Å²) in [5.41, 5.74) is 2.50. The first kappa shape index (κ1) is 7.40. The van der Waals surface area contributed by atoms with Gasteiger partial charge in [0.1, 0.15) is 0 Å². The zero-order chi connectivity index (χ0) is 8.55. The molecule has 2 heterocycles. The van der Waals surface area contributed by atoms with E-state index in [2.05, 4.69) is 34.9 Å². The molecule has 0 amide bonds. The minimum atomic E-state index is 1.08. The monoisotopic (exact) mass is 163 g/mol. The highest BCUT2D eigenvalue weighted by molar-refractivity contribution is 5.71. The van der Waals surface area contributed by atoms with Gasteiger partial charge < -0.3 is 9.80 Å². The Morgan fingerprint density at radius 1 is 1.17 bits per heavy atom. The highest BCUT2D eigenvalue weighted by Crippen LogP contribution is 2.29. The third-order valence-corrected chi connectivity index (χ3v) is 2.37. The zero-order valence-corrected chi connectivity index (χ0v) is 7.49. The Kier molecular flexibility index (Phi) is 1.64. The molecule has 0 fully saturated rings. The number of hydrogen-bond donors (Lipinski definition) is 0. The highest BCUT2D eigenvalue weighted by atomic mass is 15.2. The largest absolute Gasteiger partial charge is 0.371 e. The Morgan fingerprint density at radius 2 is 1.83 bits per heavy atom. The maximum Gasteiger partial charge on any atom is 0.0788 e. The predicted molar refractivity (Wildman–Crippen MR) is 50.8 cm³/mol. The molecule has 64 valence electrons. The summed E-state index contributed by atoms with van der Waals surface area (Å²) in [5.74, 6) is 0. The minimum Gasteiger partial charge on any atom is -0.371 e. The van der Waals surface area contributed by atoms with Crippen LogP contribution in [0.3, 0.4) is 0 Å². The van der Waals surface area contributed by atoms with Gasteiger partial charge in [0.15, 0.2) is 0 Å². The number of nitrogens with zero attached hydrogens (tertiary/aromatic N) is 3. The van der Waals surface area contributed by atoms with Crippen LogP contribution in [0, 0.1) is 0 Å². The van der Waals surface area contributed by atoms with Gasteiger partial charge in [0, 0.05) is 33.4 Å². The van der Waals surface area contributed by atoms with E-state index in [9.17, 15) is 0 Å². The summed E-state index contributed by atoms with van der Waals surface area (Å²) in [6.07, 6.45) is 3.76. The predicted octanol–water partition coefficient (Wildman–Crippen LogP) is 0.968. The smallest absolute Gasteiger partial charge is 0.0788 e. The normalized spacial score (nSPS) is 16.2. The third kappa shape index (κ3) is 1.02. The maximum atomic E-state index is 4.11. The molecular formula is C9H13N3. The number of fused-ring (bicyclic) bond motifs is 1. The molecular weight excluding hydrogens is 150 g/mol. The molecule has 0 aliphatic carbocycles. The molecule has 12 heavy (non-hydrogen) atoms. The summed E-state index contributed by atoms with van der Waals surface area (Å²) in [6.45, 7) is 2.17. The van der Waals surface area contributed by atoms with Crippen LogP contribution in [0.2, 0.25) is 0 Å². The average Bonchev–Trinajstić information content (AvgIpc) is 2.12. The van der Waals surface area contributed by atoms with Crippen molar-refractivity contribution in [3.63, 3.8) is 0 Å². The van der Waals surface area contributed by atoms with Crippen molar-refractivity contribution >= 4 is 11.4 Å². The highest BCUT2D eigenvalue weighted by Gasteiger charge is 2.16. The molecule has 0 aromatic carbocycles. The van der Waals surface area contributed by atoms with Crippen LogP contribution in [0.4, 0.5) is 11.4 Å². The number of anilines is 2. The second-order valence-corrected chi connectivity index (χ2v) is 3.21. The van der Waals surface area contributed by atoms with Gasteiger partial charge in [-0.3, -0.25) is 4.98 Å². The number of pyridine rings is 1. The standard InChI is InChI=1S/C9H13N3/c1-11-5-6-12(2)9-7-10-4-3-8(9)11/h3-4,7H,5-6H2,1-2H3. The minimum absolute atomic E-state index is 1.08. The van der Waals surface area contributed by atoms with E-state index in [1.54, 1.807) is 0 Å². The fourth-order valence-corrected chi connectivity index (χ4v) is 1.54. The number of rotatable bonds is 0. The molecule has 0 spiro atoms. The van der Waals surface area contributed by atoms with Crippen LogP contribution in [0.1, 0.15) is 0 Å². The molecule has 0 bridgehead atoms. The van der Waals surface area contributed by atoms with Gasteiger partial charge in [-0.1, -0.05) is 0 Å². The molecule has 2 rings (SSSR count). The van der Waals surface area contributed by atoms with Gasteiger partial charge in [-0.05, 0) is 6.07 Å². The van der Waals surface area contributed by atoms with Crippen molar-refractivity contribution in [3.8, 4) is 0 Å². The van der Waals surface area contributed by atoms with Crippen molar-refractivity contribution in [2.45, 2.75) is 0 Å². The summed E-state index contributed by atoms with van der Waals surface area (Å²) in [4.78, 5) is 8.61. The van der Waals surface area contributed by atoms with E-state index in [1.165, 1.54) is 11.4 Å². The van der Waals surface area contributed by atoms with Crippen LogP contribution in [-0.4, -0.2) is 32.2 Å². The van der Waals surface area contributed by atoms with E-state index in [1.807, 2.05) is 12.4 Å². The van der Waals surface area contributed by atoms with E-state index in [0.29, 0.717) is 0 Å². The van der Waals surface area contributed by atoms with E-state index >= 15 is 0 Å². The first-order valence-electron chi connectivity index (χ1n) is 4.15. The first-order chi connectivity index (χ1) is 5.79. The van der Waals surface area contributed by atoms with Gasteiger partial charge >= 0.3 is 0 Å². The second kappa shape index (κ2) is 2.66. The fourth-order valence-electron chi connectivity index (χ4n) is 1.54. The molecule has 1 aromatic heterocycles. The third-order valence-electron chi connectivity index (χ3n) is 2.37. The van der Waals surface area contributed by atoms with Gasteiger partial charge in [0.2, 0.25) is 0 Å². The van der Waals surface area contributed by atoms with Crippen LogP contribution in [0.25, 0.3) is 0 Å². The van der Waals surface area contributed by atoms with E-state index in [-0.39, 0.29) is 0 Å². The van der Waals surface area contributed by atoms with Gasteiger partial charge in [-0.2, -0.15) is 0 Å². The van der Waals surface area contributed by atoms with Crippen molar-refractivity contribution in [2.24, 2.45) is 0 Å². The fraction of sp³-hybridized carbons (Fsp3) is 0.444. The summed E-state index contributed by atoms with van der Waals surface area (Å²) in [5, 5.41) is 0. The Bertz CT molecular complexity index is 256. The molecule has 0 saturated carbocycles. The molecule has 1 aliphatic heterocycles. The van der Waals surface area contributed by atoms with Crippen LogP contribution >= 0.6 is 0 Å². The molecule has 1 aromatic rings. The molecule has 0 saturated heterocycles. The van der Waals surface area contributed by atoms with Crippen molar-refractivity contribution in [1.82, 2.24) is 4.98 Å². The van der Waals surface area contributed by atoms with Crippen LogP contribution in [0.5, 0.6) is 0 Å². The Balaban J connectivity index is 2.47. The van der Waals surface area contributed by atoms with Crippen molar-refractivity contribution in [3.05, 3.63) is 18.5 Å². The topological polar surface area (TPSA) is 19.4 Å². The Labute approximate surface area is 72.6 Å². The Hall–Kier alpha value is -1.25. The zero-order valence-electron chi connectivity index (χ0n) is 7.49. The lowest BCUT2D eigenvalue weighted by Crippen LogP contribution is -2.36. The molecule has 0 unspecified atom stereocenters. The summed E-state index contributed by atoms with van der Waals surface area (Å²) in [7, 11) is 4.22. The molecule has 0 atom stereocenters. The van der Waals surface area contributed by atoms with E-state index in [0.717, 1.165) is 13.1 Å². The van der Waals surface area contributed by atoms with E-state index in [4.69, 9.17) is 0 Å². The van der Waals surface area contributed by atoms with Gasteiger partial charge in [-0.15, -0.1) is 0 Å². The lowest BCUT2D eigenvalue weighted by atomic mass is 10.2. The molecule has 3 nitrogen and oxygen atoms in total. The molecule has 3 heteroatoms. The quantitative estimate of drug-likeness (QED) is 0.568. The van der Waals surface area contributed by atoms with Crippen molar-refractivity contribution in [2.75, 3.05) is 37.0 Å². The molecule has 1 aliphatic rings. The summed E-state index contributed by atoms with van der Waals surface area (Å²) >= 11 is 0. The number of hydrogen-bond acceptors (Lipinski definition) is 3. The van der Waals surface area contributed by atoms with Gasteiger partial charge in [0.25, 0.3) is 0 Å². The van der Waals surface area contributed by atoms with Crippen molar-refractivity contribution < 1.29 is 0 Å². The van der Waals surface area contributed by atoms with Gasteiger partial charge in [-0.25, -0.2) is 0 Å².